The number of carbonyl (C=O) groups excluding carboxylic acids is 1. The number of primary amides is 1. The van der Waals surface area contributed by atoms with E-state index < -0.39 is 5.91 Å². The van der Waals surface area contributed by atoms with Crippen LogP contribution in [0.25, 0.3) is 5.69 Å². The van der Waals surface area contributed by atoms with E-state index in [1.807, 2.05) is 18.2 Å². The maximum atomic E-state index is 11.4. The van der Waals surface area contributed by atoms with Crippen molar-refractivity contribution in [2.45, 2.75) is 57.1 Å². The van der Waals surface area contributed by atoms with Gasteiger partial charge in [-0.25, -0.2) is 9.67 Å². The zero-order chi connectivity index (χ0) is 19.4. The molecule has 1 aromatic carbocycles. The molecule has 0 bridgehead atoms. The second-order valence-corrected chi connectivity index (χ2v) is 7.38. The zero-order valence-corrected chi connectivity index (χ0v) is 16.2. The smallest absolute Gasteiger partial charge is 0.225 e. The van der Waals surface area contributed by atoms with Crippen molar-refractivity contribution in [1.82, 2.24) is 14.8 Å². The van der Waals surface area contributed by atoms with E-state index in [-0.39, 0.29) is 24.5 Å². The Hall–Kier alpha value is -1.96. The summed E-state index contributed by atoms with van der Waals surface area (Å²) in [7, 11) is 0. The third-order valence-electron chi connectivity index (χ3n) is 4.83. The molecule has 3 atom stereocenters. The number of carbonyl (C=O) groups is 1. The number of para-hydroxylation sites is 1. The van der Waals surface area contributed by atoms with Crippen LogP contribution < -0.4 is 11.5 Å². The van der Waals surface area contributed by atoms with Crippen LogP contribution in [0.4, 0.5) is 0 Å². The Labute approximate surface area is 164 Å². The molecule has 3 rings (SSSR count). The molecule has 27 heavy (non-hydrogen) atoms. The van der Waals surface area contributed by atoms with Crippen molar-refractivity contribution in [3.63, 3.8) is 0 Å². The Bertz CT molecular complexity index is 794. The molecule has 1 amide bonds. The van der Waals surface area contributed by atoms with E-state index >= 15 is 0 Å². The fourth-order valence-corrected chi connectivity index (χ4v) is 3.73. The highest BCUT2D eigenvalue weighted by atomic mass is 35.5. The summed E-state index contributed by atoms with van der Waals surface area (Å²) >= 11 is 6.38. The van der Waals surface area contributed by atoms with Crippen molar-refractivity contribution in [1.29, 1.82) is 0 Å². The highest BCUT2D eigenvalue weighted by Gasteiger charge is 2.33. The number of aromatic nitrogens is 3. The molecule has 146 valence electrons. The maximum absolute atomic E-state index is 11.4. The first-order chi connectivity index (χ1) is 13.0. The molecule has 4 N–H and O–H groups in total. The van der Waals surface area contributed by atoms with Gasteiger partial charge in [-0.2, -0.15) is 5.10 Å². The lowest BCUT2D eigenvalue weighted by Crippen LogP contribution is -2.42. The van der Waals surface area contributed by atoms with Crippen LogP contribution in [0.5, 0.6) is 0 Å². The van der Waals surface area contributed by atoms with Crippen LogP contribution in [0, 0.1) is 0 Å². The average molecular weight is 392 g/mol. The summed E-state index contributed by atoms with van der Waals surface area (Å²) in [5.41, 5.74) is 12.3. The summed E-state index contributed by atoms with van der Waals surface area (Å²) < 4.78 is 7.69. The molecule has 1 saturated carbocycles. The van der Waals surface area contributed by atoms with Gasteiger partial charge in [0.1, 0.15) is 5.82 Å². The lowest BCUT2D eigenvalue weighted by Gasteiger charge is -2.33. The minimum Gasteiger partial charge on any atom is -0.377 e. The predicted octanol–water partition coefficient (Wildman–Crippen LogP) is 2.34. The van der Waals surface area contributed by atoms with E-state index in [9.17, 15) is 4.79 Å². The summed E-state index contributed by atoms with van der Waals surface area (Å²) in [6.45, 7) is 2.77. The fourth-order valence-electron chi connectivity index (χ4n) is 3.51. The standard InChI is InChI=1S/C19H26ClN5O2/c1-2-9-27-16-10-12(7-8-14(16)21)19-23-18(11-17(22)26)24-25(19)15-6-4-3-5-13(15)20/h3-6,12,14,16H,2,7-11,21H2,1H3,(H2,22,26)/t12-,14-,16-/m0/s1. The van der Waals surface area contributed by atoms with Crippen LogP contribution >= 0.6 is 11.6 Å². The number of ether oxygens (including phenoxy) is 1. The van der Waals surface area contributed by atoms with E-state index in [0.29, 0.717) is 17.5 Å². The molecule has 1 aromatic heterocycles. The van der Waals surface area contributed by atoms with Crippen LogP contribution in [-0.4, -0.2) is 39.4 Å². The quantitative estimate of drug-likeness (QED) is 0.752. The Kier molecular flexibility index (Phi) is 6.46. The molecule has 0 saturated heterocycles. The van der Waals surface area contributed by atoms with Gasteiger partial charge in [0.15, 0.2) is 5.82 Å². The molecular weight excluding hydrogens is 366 g/mol. The molecule has 0 aliphatic heterocycles. The highest BCUT2D eigenvalue weighted by molar-refractivity contribution is 6.32. The molecule has 2 aromatic rings. The van der Waals surface area contributed by atoms with Gasteiger partial charge in [0.05, 0.1) is 23.2 Å². The normalized spacial score (nSPS) is 22.7. The summed E-state index contributed by atoms with van der Waals surface area (Å²) in [5.74, 6) is 0.833. The first-order valence-corrected chi connectivity index (χ1v) is 9.73. The van der Waals surface area contributed by atoms with Crippen molar-refractivity contribution in [3.8, 4) is 5.69 Å². The Balaban J connectivity index is 1.94. The molecular formula is C19H26ClN5O2. The van der Waals surface area contributed by atoms with Crippen molar-refractivity contribution in [2.75, 3.05) is 6.61 Å². The SMILES string of the molecule is CCCO[C@H]1C[C@@H](c2nc(CC(N)=O)nn2-c2ccccc2Cl)CC[C@@H]1N. The molecule has 8 heteroatoms. The largest absolute Gasteiger partial charge is 0.377 e. The summed E-state index contributed by atoms with van der Waals surface area (Å²) in [6.07, 6.45) is 3.42. The van der Waals surface area contributed by atoms with Gasteiger partial charge in [-0.05, 0) is 37.8 Å². The molecule has 1 fully saturated rings. The molecule has 0 unspecified atom stereocenters. The van der Waals surface area contributed by atoms with Crippen LogP contribution in [0.1, 0.15) is 50.2 Å². The van der Waals surface area contributed by atoms with Gasteiger partial charge in [0.25, 0.3) is 0 Å². The lowest BCUT2D eigenvalue weighted by molar-refractivity contribution is -0.117. The first kappa shape index (κ1) is 19.8. The number of hydrogen-bond donors (Lipinski definition) is 2. The summed E-state index contributed by atoms with van der Waals surface area (Å²) in [5, 5.41) is 5.08. The van der Waals surface area contributed by atoms with Crippen LogP contribution in [0.15, 0.2) is 24.3 Å². The summed E-state index contributed by atoms with van der Waals surface area (Å²) in [6, 6.07) is 7.47. The molecule has 0 radical (unpaired) electrons. The Morgan fingerprint density at radius 1 is 1.37 bits per heavy atom. The van der Waals surface area contributed by atoms with Gasteiger partial charge in [0.2, 0.25) is 5.91 Å². The maximum Gasteiger partial charge on any atom is 0.225 e. The number of nitrogens with zero attached hydrogens (tertiary/aromatic N) is 3. The van der Waals surface area contributed by atoms with E-state index in [0.717, 1.165) is 37.2 Å². The second kappa shape index (κ2) is 8.82. The van der Waals surface area contributed by atoms with Crippen LogP contribution in [-0.2, 0) is 16.0 Å². The van der Waals surface area contributed by atoms with Gasteiger partial charge < -0.3 is 16.2 Å². The number of halogens is 1. The zero-order valence-electron chi connectivity index (χ0n) is 15.5. The van der Waals surface area contributed by atoms with Crippen molar-refractivity contribution < 1.29 is 9.53 Å². The monoisotopic (exact) mass is 391 g/mol. The van der Waals surface area contributed by atoms with Gasteiger partial charge in [-0.3, -0.25) is 4.79 Å². The summed E-state index contributed by atoms with van der Waals surface area (Å²) in [4.78, 5) is 16.0. The van der Waals surface area contributed by atoms with Gasteiger partial charge in [0, 0.05) is 18.6 Å². The van der Waals surface area contributed by atoms with E-state index in [1.165, 1.54) is 0 Å². The van der Waals surface area contributed by atoms with E-state index in [2.05, 4.69) is 17.0 Å². The lowest BCUT2D eigenvalue weighted by atomic mass is 9.83. The van der Waals surface area contributed by atoms with Crippen LogP contribution in [0.3, 0.4) is 0 Å². The average Bonchev–Trinajstić information content (AvgIpc) is 3.04. The van der Waals surface area contributed by atoms with Crippen molar-refractivity contribution in [2.24, 2.45) is 11.5 Å². The number of nitrogens with two attached hydrogens (primary N) is 2. The Morgan fingerprint density at radius 3 is 2.85 bits per heavy atom. The van der Waals surface area contributed by atoms with Crippen LogP contribution in [0.2, 0.25) is 5.02 Å². The molecule has 7 nitrogen and oxygen atoms in total. The van der Waals surface area contributed by atoms with Gasteiger partial charge in [-0.15, -0.1) is 0 Å². The third-order valence-corrected chi connectivity index (χ3v) is 5.15. The molecule has 1 heterocycles. The molecule has 0 spiro atoms. The second-order valence-electron chi connectivity index (χ2n) is 6.98. The fraction of sp³-hybridized carbons (Fsp3) is 0.526. The third kappa shape index (κ3) is 4.66. The molecule has 1 aliphatic carbocycles. The van der Waals surface area contributed by atoms with E-state index in [1.54, 1.807) is 10.7 Å². The van der Waals surface area contributed by atoms with Crippen molar-refractivity contribution >= 4 is 17.5 Å². The number of amides is 1. The number of hydrogen-bond acceptors (Lipinski definition) is 5. The number of rotatable bonds is 7. The van der Waals surface area contributed by atoms with Gasteiger partial charge in [-0.1, -0.05) is 30.7 Å². The predicted molar refractivity (Wildman–Crippen MR) is 104 cm³/mol. The molecule has 1 aliphatic rings. The minimum absolute atomic E-state index is 0.00749. The van der Waals surface area contributed by atoms with Crippen molar-refractivity contribution in [3.05, 3.63) is 40.9 Å². The van der Waals surface area contributed by atoms with Gasteiger partial charge >= 0.3 is 0 Å². The van der Waals surface area contributed by atoms with E-state index in [4.69, 9.17) is 27.8 Å². The Morgan fingerprint density at radius 2 is 2.15 bits per heavy atom. The number of benzene rings is 1. The first-order valence-electron chi connectivity index (χ1n) is 9.35. The highest BCUT2D eigenvalue weighted by Crippen LogP contribution is 2.35. The topological polar surface area (TPSA) is 109 Å². The minimum atomic E-state index is -0.465.